The maximum atomic E-state index is 11.6. The van der Waals surface area contributed by atoms with Gasteiger partial charge in [-0.25, -0.2) is 13.4 Å². The molecule has 7 heteroatoms. The Morgan fingerprint density at radius 1 is 1.07 bits per heavy atom. The van der Waals surface area contributed by atoms with Crippen molar-refractivity contribution in [1.82, 2.24) is 4.98 Å². The standard InChI is InChI=1S/C20H19NO5S/c1-27(24,25)17-8-6-15(7-9-17)14-2-4-16(5-3-14)18(20(22)23)10-11-19-21-12-13-26-19/h2-9,12-13,18H,10-11H2,1H3,(H,22,23). The molecular formula is C20H19NO5S. The summed E-state index contributed by atoms with van der Waals surface area (Å²) in [7, 11) is -3.23. The molecule has 1 aromatic heterocycles. The van der Waals surface area contributed by atoms with Crippen LogP contribution >= 0.6 is 0 Å². The van der Waals surface area contributed by atoms with Crippen molar-refractivity contribution in [2.45, 2.75) is 23.7 Å². The number of aryl methyl sites for hydroxylation is 1. The fourth-order valence-corrected chi connectivity index (χ4v) is 3.51. The van der Waals surface area contributed by atoms with Crippen molar-refractivity contribution in [3.05, 3.63) is 72.4 Å². The fourth-order valence-electron chi connectivity index (χ4n) is 2.88. The number of hydrogen-bond acceptors (Lipinski definition) is 5. The molecule has 1 heterocycles. The summed E-state index contributed by atoms with van der Waals surface area (Å²) in [5.74, 6) is -1.03. The molecule has 3 aromatic rings. The first kappa shape index (κ1) is 18.8. The molecule has 140 valence electrons. The van der Waals surface area contributed by atoms with Gasteiger partial charge in [-0.2, -0.15) is 0 Å². The highest BCUT2D eigenvalue weighted by Crippen LogP contribution is 2.26. The molecule has 0 fully saturated rings. The third-order valence-electron chi connectivity index (χ3n) is 4.36. The lowest BCUT2D eigenvalue weighted by Crippen LogP contribution is -2.12. The first-order chi connectivity index (χ1) is 12.8. The number of sulfone groups is 1. The summed E-state index contributed by atoms with van der Waals surface area (Å²) in [5, 5.41) is 9.54. The predicted octanol–water partition coefficient (Wildman–Crippen LogP) is 3.55. The Kier molecular flexibility index (Phi) is 5.41. The van der Waals surface area contributed by atoms with Crippen LogP contribution in [0.3, 0.4) is 0 Å². The summed E-state index contributed by atoms with van der Waals surface area (Å²) < 4.78 is 28.3. The predicted molar refractivity (Wildman–Crippen MR) is 100 cm³/mol. The number of carboxylic acid groups (broad SMARTS) is 1. The van der Waals surface area contributed by atoms with Gasteiger partial charge in [0.1, 0.15) is 6.26 Å². The highest BCUT2D eigenvalue weighted by Gasteiger charge is 2.20. The lowest BCUT2D eigenvalue weighted by molar-refractivity contribution is -0.139. The minimum absolute atomic E-state index is 0.264. The van der Waals surface area contributed by atoms with Gasteiger partial charge in [-0.05, 0) is 35.2 Å². The van der Waals surface area contributed by atoms with E-state index in [-0.39, 0.29) is 4.90 Å². The van der Waals surface area contributed by atoms with Crippen LogP contribution < -0.4 is 0 Å². The molecule has 0 saturated carbocycles. The van der Waals surface area contributed by atoms with E-state index < -0.39 is 21.7 Å². The van der Waals surface area contributed by atoms with Crippen LogP contribution in [0.4, 0.5) is 0 Å². The molecule has 0 aliphatic heterocycles. The summed E-state index contributed by atoms with van der Waals surface area (Å²) in [5.41, 5.74) is 2.45. The molecule has 0 aliphatic rings. The molecule has 1 unspecified atom stereocenters. The average molecular weight is 385 g/mol. The van der Waals surface area contributed by atoms with Gasteiger partial charge in [-0.3, -0.25) is 4.79 Å². The van der Waals surface area contributed by atoms with Gasteiger partial charge >= 0.3 is 5.97 Å². The normalized spacial score (nSPS) is 12.6. The molecule has 0 bridgehead atoms. The molecule has 0 aliphatic carbocycles. The zero-order chi connectivity index (χ0) is 19.4. The zero-order valence-corrected chi connectivity index (χ0v) is 15.5. The molecule has 3 rings (SSSR count). The Hall–Kier alpha value is -2.93. The van der Waals surface area contributed by atoms with Gasteiger partial charge in [0.15, 0.2) is 15.7 Å². The van der Waals surface area contributed by atoms with Crippen LogP contribution in [0.1, 0.15) is 23.8 Å². The molecule has 2 aromatic carbocycles. The average Bonchev–Trinajstić information content (AvgIpc) is 3.15. The second-order valence-corrected chi connectivity index (χ2v) is 8.29. The Balaban J connectivity index is 1.77. The number of rotatable bonds is 7. The van der Waals surface area contributed by atoms with Gasteiger partial charge in [-0.1, -0.05) is 36.4 Å². The summed E-state index contributed by atoms with van der Waals surface area (Å²) in [6, 6.07) is 13.9. The van der Waals surface area contributed by atoms with Crippen molar-refractivity contribution < 1.29 is 22.7 Å². The number of nitrogens with zero attached hydrogens (tertiary/aromatic N) is 1. The first-order valence-corrected chi connectivity index (χ1v) is 10.3. The van der Waals surface area contributed by atoms with E-state index in [1.807, 2.05) is 12.1 Å². The molecule has 0 spiro atoms. The smallest absolute Gasteiger partial charge is 0.310 e. The molecule has 1 atom stereocenters. The number of hydrogen-bond donors (Lipinski definition) is 1. The third-order valence-corrected chi connectivity index (χ3v) is 5.49. The Morgan fingerprint density at radius 2 is 1.67 bits per heavy atom. The maximum absolute atomic E-state index is 11.6. The van der Waals surface area contributed by atoms with Crippen molar-refractivity contribution >= 4 is 15.8 Å². The number of aromatic nitrogens is 1. The molecule has 6 nitrogen and oxygen atoms in total. The van der Waals surface area contributed by atoms with Gasteiger partial charge in [0, 0.05) is 12.7 Å². The van der Waals surface area contributed by atoms with Gasteiger partial charge < -0.3 is 9.52 Å². The summed E-state index contributed by atoms with van der Waals surface area (Å²) >= 11 is 0. The number of benzene rings is 2. The van der Waals surface area contributed by atoms with Crippen LogP contribution in [0.15, 0.2) is 70.3 Å². The topological polar surface area (TPSA) is 97.5 Å². The van der Waals surface area contributed by atoms with Crippen LogP contribution in [-0.2, 0) is 21.1 Å². The van der Waals surface area contributed by atoms with Crippen LogP contribution in [0.5, 0.6) is 0 Å². The van der Waals surface area contributed by atoms with E-state index in [0.29, 0.717) is 24.3 Å². The van der Waals surface area contributed by atoms with Gasteiger partial charge in [-0.15, -0.1) is 0 Å². The lowest BCUT2D eigenvalue weighted by Gasteiger charge is -2.13. The number of aliphatic carboxylic acids is 1. The van der Waals surface area contributed by atoms with Crippen molar-refractivity contribution in [1.29, 1.82) is 0 Å². The highest BCUT2D eigenvalue weighted by atomic mass is 32.2. The Morgan fingerprint density at radius 3 is 2.15 bits per heavy atom. The zero-order valence-electron chi connectivity index (χ0n) is 14.7. The molecule has 27 heavy (non-hydrogen) atoms. The first-order valence-electron chi connectivity index (χ1n) is 8.36. The quantitative estimate of drug-likeness (QED) is 0.668. The minimum atomic E-state index is -3.23. The number of carbonyl (C=O) groups is 1. The monoisotopic (exact) mass is 385 g/mol. The maximum Gasteiger partial charge on any atom is 0.310 e. The lowest BCUT2D eigenvalue weighted by atomic mass is 9.92. The van der Waals surface area contributed by atoms with E-state index in [1.54, 1.807) is 36.4 Å². The van der Waals surface area contributed by atoms with Crippen molar-refractivity contribution in [3.63, 3.8) is 0 Å². The van der Waals surface area contributed by atoms with Gasteiger partial charge in [0.2, 0.25) is 0 Å². The molecule has 0 amide bonds. The second-order valence-electron chi connectivity index (χ2n) is 6.27. The fraction of sp³-hybridized carbons (Fsp3) is 0.200. The summed E-state index contributed by atoms with van der Waals surface area (Å²) in [4.78, 5) is 15.9. The van der Waals surface area contributed by atoms with E-state index in [9.17, 15) is 18.3 Å². The van der Waals surface area contributed by atoms with Crippen LogP contribution in [0.25, 0.3) is 11.1 Å². The minimum Gasteiger partial charge on any atom is -0.481 e. The molecule has 0 saturated heterocycles. The van der Waals surface area contributed by atoms with Gasteiger partial charge in [0.05, 0.1) is 17.0 Å². The molecular weight excluding hydrogens is 366 g/mol. The van der Waals surface area contributed by atoms with E-state index in [0.717, 1.165) is 11.1 Å². The summed E-state index contributed by atoms with van der Waals surface area (Å²) in [6.07, 6.45) is 5.00. The van der Waals surface area contributed by atoms with Gasteiger partial charge in [0.25, 0.3) is 0 Å². The van der Waals surface area contributed by atoms with Crippen molar-refractivity contribution in [3.8, 4) is 11.1 Å². The van der Waals surface area contributed by atoms with E-state index >= 15 is 0 Å². The van der Waals surface area contributed by atoms with E-state index in [2.05, 4.69) is 4.98 Å². The Bertz CT molecular complexity index is 1010. The van der Waals surface area contributed by atoms with Crippen molar-refractivity contribution in [2.75, 3.05) is 6.26 Å². The molecule has 0 radical (unpaired) electrons. The third kappa shape index (κ3) is 4.62. The molecule has 1 N–H and O–H groups in total. The SMILES string of the molecule is CS(=O)(=O)c1ccc(-c2ccc(C(CCc3ncco3)C(=O)O)cc2)cc1. The van der Waals surface area contributed by atoms with Crippen LogP contribution in [-0.4, -0.2) is 30.7 Å². The van der Waals surface area contributed by atoms with E-state index in [4.69, 9.17) is 4.42 Å². The number of oxazole rings is 1. The number of carboxylic acids is 1. The largest absolute Gasteiger partial charge is 0.481 e. The van der Waals surface area contributed by atoms with Crippen LogP contribution in [0, 0.1) is 0 Å². The second kappa shape index (κ2) is 7.75. The van der Waals surface area contributed by atoms with Crippen LogP contribution in [0.2, 0.25) is 0 Å². The van der Waals surface area contributed by atoms with Crippen molar-refractivity contribution in [2.24, 2.45) is 0 Å². The Labute approximate surface area is 157 Å². The van der Waals surface area contributed by atoms with E-state index in [1.165, 1.54) is 18.7 Å². The highest BCUT2D eigenvalue weighted by molar-refractivity contribution is 7.90. The summed E-state index contributed by atoms with van der Waals surface area (Å²) in [6.45, 7) is 0.